The van der Waals surface area contributed by atoms with Crippen molar-refractivity contribution in [3.8, 4) is 6.07 Å². The van der Waals surface area contributed by atoms with Crippen molar-refractivity contribution < 1.29 is 9.59 Å². The van der Waals surface area contributed by atoms with E-state index in [0.29, 0.717) is 29.6 Å². The number of nitrogens with zero attached hydrogens (tertiary/aromatic N) is 3. The largest absolute Gasteiger partial charge is 0.342 e. The van der Waals surface area contributed by atoms with Crippen molar-refractivity contribution in [2.24, 2.45) is 5.92 Å². The van der Waals surface area contributed by atoms with Gasteiger partial charge in [-0.25, -0.2) is 0 Å². The Morgan fingerprint density at radius 2 is 1.91 bits per heavy atom. The van der Waals surface area contributed by atoms with E-state index in [1.54, 1.807) is 13.0 Å². The lowest BCUT2D eigenvalue weighted by atomic mass is 9.97. The number of benzene rings is 1. The van der Waals surface area contributed by atoms with Gasteiger partial charge in [0.1, 0.15) is 11.8 Å². The summed E-state index contributed by atoms with van der Waals surface area (Å²) in [5.41, 5.74) is 3.41. The van der Waals surface area contributed by atoms with Gasteiger partial charge in [-0.1, -0.05) is 23.3 Å². The number of carbonyl (C=O) groups is 2. The molecule has 1 aliphatic carbocycles. The summed E-state index contributed by atoms with van der Waals surface area (Å²) in [5.74, 6) is 0.382. The number of nitriles is 1. The van der Waals surface area contributed by atoms with E-state index in [9.17, 15) is 19.6 Å². The number of nitrogens with one attached hydrogen (secondary N) is 1. The molecule has 0 radical (unpaired) electrons. The normalized spacial score (nSPS) is 15.5. The van der Waals surface area contributed by atoms with Crippen LogP contribution in [0.3, 0.4) is 0 Å². The van der Waals surface area contributed by atoms with Crippen molar-refractivity contribution in [3.05, 3.63) is 67.6 Å². The number of hydrogen-bond acceptors (Lipinski definition) is 4. The molecule has 0 spiro atoms. The highest BCUT2D eigenvalue weighted by atomic mass is 35.5. The fourth-order valence-electron chi connectivity index (χ4n) is 4.43. The first-order valence-corrected chi connectivity index (χ1v) is 12.4. The molecule has 2 fully saturated rings. The third-order valence-electron chi connectivity index (χ3n) is 6.76. The first-order valence-electron chi connectivity index (χ1n) is 12.0. The molecule has 2 aliphatic rings. The topological polar surface area (TPSA) is 95.2 Å². The van der Waals surface area contributed by atoms with Crippen LogP contribution in [0.15, 0.2) is 34.6 Å². The smallest absolute Gasteiger partial charge is 0.255 e. The van der Waals surface area contributed by atoms with Crippen molar-refractivity contribution >= 4 is 35.2 Å². The van der Waals surface area contributed by atoms with Crippen LogP contribution in [0.2, 0.25) is 5.02 Å². The molecule has 7 nitrogen and oxygen atoms in total. The van der Waals surface area contributed by atoms with Crippen LogP contribution >= 0.6 is 11.6 Å². The van der Waals surface area contributed by atoms with E-state index in [-0.39, 0.29) is 17.2 Å². The molecule has 0 bridgehead atoms. The van der Waals surface area contributed by atoms with Gasteiger partial charge in [0.15, 0.2) is 0 Å². The molecule has 35 heavy (non-hydrogen) atoms. The maximum absolute atomic E-state index is 12.9. The van der Waals surface area contributed by atoms with Crippen molar-refractivity contribution in [1.29, 1.82) is 5.26 Å². The van der Waals surface area contributed by atoms with E-state index in [1.807, 2.05) is 24.0 Å². The maximum Gasteiger partial charge on any atom is 0.255 e. The molecule has 4 rings (SSSR count). The SMILES string of the molecule is CCn1c(C#N)cc(C(=O)Nc2cc(Cl)cc(C=C3CCN(C(=O)CC4CC4)CC3)c2C)cc1=O. The van der Waals surface area contributed by atoms with Crippen molar-refractivity contribution in [3.63, 3.8) is 0 Å². The molecule has 182 valence electrons. The Morgan fingerprint density at radius 3 is 2.54 bits per heavy atom. The zero-order valence-corrected chi connectivity index (χ0v) is 20.8. The van der Waals surface area contributed by atoms with E-state index >= 15 is 0 Å². The molecule has 1 saturated carbocycles. The first-order chi connectivity index (χ1) is 16.8. The van der Waals surface area contributed by atoms with Gasteiger partial charge < -0.3 is 14.8 Å². The van der Waals surface area contributed by atoms with Crippen LogP contribution in [-0.2, 0) is 11.3 Å². The minimum Gasteiger partial charge on any atom is -0.342 e. The second-order valence-corrected chi connectivity index (χ2v) is 9.71. The van der Waals surface area contributed by atoms with Gasteiger partial charge in [0.05, 0.1) is 0 Å². The van der Waals surface area contributed by atoms with Gasteiger partial charge in [-0.2, -0.15) is 5.26 Å². The molecule has 1 saturated heterocycles. The van der Waals surface area contributed by atoms with Gasteiger partial charge >= 0.3 is 0 Å². The molecule has 2 heterocycles. The van der Waals surface area contributed by atoms with Gasteiger partial charge in [0, 0.05) is 48.4 Å². The second-order valence-electron chi connectivity index (χ2n) is 9.28. The monoisotopic (exact) mass is 492 g/mol. The quantitative estimate of drug-likeness (QED) is 0.628. The van der Waals surface area contributed by atoms with Crippen LogP contribution in [0.1, 0.15) is 66.2 Å². The van der Waals surface area contributed by atoms with Gasteiger partial charge in [-0.15, -0.1) is 0 Å². The van der Waals surface area contributed by atoms with E-state index in [4.69, 9.17) is 11.6 Å². The average molecular weight is 493 g/mol. The number of amides is 2. The predicted octanol–water partition coefficient (Wildman–Crippen LogP) is 4.76. The van der Waals surface area contributed by atoms with Crippen LogP contribution in [0.25, 0.3) is 6.08 Å². The van der Waals surface area contributed by atoms with Crippen LogP contribution < -0.4 is 10.9 Å². The summed E-state index contributed by atoms with van der Waals surface area (Å²) in [6.07, 6.45) is 6.76. The number of halogens is 1. The molecule has 8 heteroatoms. The second kappa shape index (κ2) is 10.5. The zero-order chi connectivity index (χ0) is 25.1. The number of pyridine rings is 1. The Morgan fingerprint density at radius 1 is 1.20 bits per heavy atom. The lowest BCUT2D eigenvalue weighted by Gasteiger charge is -2.29. The van der Waals surface area contributed by atoms with Crippen molar-refractivity contribution in [2.45, 2.75) is 52.5 Å². The lowest BCUT2D eigenvalue weighted by Crippen LogP contribution is -2.36. The van der Waals surface area contributed by atoms with Gasteiger partial charge in [-0.3, -0.25) is 14.4 Å². The molecule has 1 aliphatic heterocycles. The number of aromatic nitrogens is 1. The molecule has 0 unspecified atom stereocenters. The van der Waals surface area contributed by atoms with Crippen LogP contribution in [-0.4, -0.2) is 34.4 Å². The van der Waals surface area contributed by atoms with Crippen LogP contribution in [0.4, 0.5) is 5.69 Å². The average Bonchev–Trinajstić information content (AvgIpc) is 3.65. The fourth-order valence-corrected chi connectivity index (χ4v) is 4.65. The molecule has 2 amide bonds. The Hall–Kier alpha value is -3.37. The van der Waals surface area contributed by atoms with Gasteiger partial charge in [0.25, 0.3) is 11.5 Å². The van der Waals surface area contributed by atoms with Crippen molar-refractivity contribution in [1.82, 2.24) is 9.47 Å². The number of anilines is 1. The summed E-state index contributed by atoms with van der Waals surface area (Å²) in [6, 6.07) is 8.16. The molecular formula is C27H29ClN4O3. The molecule has 1 aromatic carbocycles. The lowest BCUT2D eigenvalue weighted by molar-refractivity contribution is -0.132. The Balaban J connectivity index is 1.50. The molecule has 1 aromatic heterocycles. The standard InChI is InChI=1S/C27H29ClN4O3/c1-3-32-23(16-29)13-21(14-26(32)34)27(35)30-24-15-22(28)12-20(17(24)2)10-19-6-8-31(9-7-19)25(33)11-18-4-5-18/h10,12-15,18H,3-9,11H2,1-2H3,(H,30,35). The van der Waals surface area contributed by atoms with Gasteiger partial charge in [-0.05, 0) is 74.8 Å². The maximum atomic E-state index is 12.9. The highest BCUT2D eigenvalue weighted by Crippen LogP contribution is 2.34. The zero-order valence-electron chi connectivity index (χ0n) is 20.1. The summed E-state index contributed by atoms with van der Waals surface area (Å²) in [6.45, 7) is 5.48. The van der Waals surface area contributed by atoms with E-state index < -0.39 is 11.5 Å². The summed E-state index contributed by atoms with van der Waals surface area (Å²) >= 11 is 6.37. The predicted molar refractivity (Wildman–Crippen MR) is 136 cm³/mol. The Kier molecular flexibility index (Phi) is 7.42. The van der Waals surface area contributed by atoms with E-state index in [2.05, 4.69) is 11.4 Å². The summed E-state index contributed by atoms with van der Waals surface area (Å²) in [5, 5.41) is 12.7. The van der Waals surface area contributed by atoms with E-state index in [0.717, 1.165) is 37.1 Å². The fraction of sp³-hybridized carbons (Fsp3) is 0.407. The number of likely N-dealkylation sites (tertiary alicyclic amines) is 1. The first kappa shape index (κ1) is 24.7. The number of hydrogen-bond donors (Lipinski definition) is 1. The number of carbonyl (C=O) groups excluding carboxylic acids is 2. The Bertz CT molecular complexity index is 1290. The molecule has 2 aromatic rings. The number of piperidine rings is 1. The summed E-state index contributed by atoms with van der Waals surface area (Å²) in [4.78, 5) is 39.6. The van der Waals surface area contributed by atoms with Crippen molar-refractivity contribution in [2.75, 3.05) is 18.4 Å². The minimum atomic E-state index is -0.478. The third kappa shape index (κ3) is 5.83. The highest BCUT2D eigenvalue weighted by molar-refractivity contribution is 6.31. The summed E-state index contributed by atoms with van der Waals surface area (Å²) < 4.78 is 1.32. The van der Waals surface area contributed by atoms with Gasteiger partial charge in [0.2, 0.25) is 5.91 Å². The van der Waals surface area contributed by atoms with Crippen LogP contribution in [0, 0.1) is 24.2 Å². The minimum absolute atomic E-state index is 0.124. The number of rotatable bonds is 6. The third-order valence-corrected chi connectivity index (χ3v) is 6.98. The van der Waals surface area contributed by atoms with E-state index in [1.165, 1.54) is 35.1 Å². The summed E-state index contributed by atoms with van der Waals surface area (Å²) in [7, 11) is 0. The molecule has 0 atom stereocenters. The van der Waals surface area contributed by atoms with Crippen LogP contribution in [0.5, 0.6) is 0 Å². The Labute approximate surface area is 210 Å². The molecule has 1 N–H and O–H groups in total. The molecular weight excluding hydrogens is 464 g/mol. The highest BCUT2D eigenvalue weighted by Gasteiger charge is 2.28.